The molecule has 0 bridgehead atoms. The molecule has 122 valence electrons. The SMILES string of the molecule is Nc1ccc(C=NNc2ncnc3scc(-c4ccccc4)c23)cc1. The number of hydrazone groups is 1. The van der Waals surface area contributed by atoms with Crippen molar-refractivity contribution in [1.82, 2.24) is 9.97 Å². The van der Waals surface area contributed by atoms with Crippen LogP contribution in [0.4, 0.5) is 11.5 Å². The first kappa shape index (κ1) is 15.3. The van der Waals surface area contributed by atoms with Crippen LogP contribution in [-0.4, -0.2) is 16.2 Å². The number of nitrogen functional groups attached to an aromatic ring is 1. The minimum atomic E-state index is 0.691. The van der Waals surface area contributed by atoms with E-state index in [4.69, 9.17) is 5.73 Å². The minimum Gasteiger partial charge on any atom is -0.399 e. The normalized spacial score (nSPS) is 11.2. The van der Waals surface area contributed by atoms with Crippen molar-refractivity contribution in [2.45, 2.75) is 0 Å². The molecule has 0 spiro atoms. The third-order valence-corrected chi connectivity index (χ3v) is 4.66. The van der Waals surface area contributed by atoms with Crippen LogP contribution in [-0.2, 0) is 0 Å². The van der Waals surface area contributed by atoms with Crippen LogP contribution in [0.3, 0.4) is 0 Å². The average molecular weight is 345 g/mol. The zero-order valence-electron chi connectivity index (χ0n) is 13.3. The quantitative estimate of drug-likeness (QED) is 0.327. The molecule has 2 aromatic heterocycles. The Hall–Kier alpha value is -3.25. The Labute approximate surface area is 148 Å². The molecule has 0 amide bonds. The van der Waals surface area contributed by atoms with Crippen LogP contribution in [0.15, 0.2) is 71.4 Å². The molecule has 4 rings (SSSR count). The van der Waals surface area contributed by atoms with Crippen LogP contribution in [0.25, 0.3) is 21.3 Å². The molecule has 2 aromatic carbocycles. The number of aromatic nitrogens is 2. The van der Waals surface area contributed by atoms with Crippen LogP contribution in [0.1, 0.15) is 5.56 Å². The minimum absolute atomic E-state index is 0.691. The van der Waals surface area contributed by atoms with Crippen molar-refractivity contribution in [3.05, 3.63) is 71.9 Å². The highest BCUT2D eigenvalue weighted by Crippen LogP contribution is 2.36. The van der Waals surface area contributed by atoms with Crippen LogP contribution in [0, 0.1) is 0 Å². The Morgan fingerprint density at radius 3 is 2.60 bits per heavy atom. The van der Waals surface area contributed by atoms with Crippen LogP contribution < -0.4 is 11.2 Å². The fraction of sp³-hybridized carbons (Fsp3) is 0. The zero-order valence-corrected chi connectivity index (χ0v) is 14.1. The first-order chi connectivity index (χ1) is 12.3. The molecule has 6 heteroatoms. The first-order valence-electron chi connectivity index (χ1n) is 7.73. The summed E-state index contributed by atoms with van der Waals surface area (Å²) >= 11 is 1.60. The summed E-state index contributed by atoms with van der Waals surface area (Å²) in [5, 5.41) is 7.39. The maximum atomic E-state index is 5.69. The summed E-state index contributed by atoms with van der Waals surface area (Å²) in [4.78, 5) is 9.66. The molecule has 0 aliphatic heterocycles. The molecule has 0 fully saturated rings. The van der Waals surface area contributed by atoms with Crippen molar-refractivity contribution in [3.63, 3.8) is 0 Å². The van der Waals surface area contributed by atoms with Gasteiger partial charge in [0.2, 0.25) is 0 Å². The van der Waals surface area contributed by atoms with Gasteiger partial charge in [-0.3, -0.25) is 5.43 Å². The van der Waals surface area contributed by atoms with Gasteiger partial charge in [0.25, 0.3) is 0 Å². The number of hydrogen-bond donors (Lipinski definition) is 2. The van der Waals surface area contributed by atoms with E-state index in [1.165, 1.54) is 0 Å². The summed E-state index contributed by atoms with van der Waals surface area (Å²) in [7, 11) is 0. The highest BCUT2D eigenvalue weighted by atomic mass is 32.1. The summed E-state index contributed by atoms with van der Waals surface area (Å²) in [6.07, 6.45) is 3.29. The molecular formula is C19H15N5S. The molecule has 5 nitrogen and oxygen atoms in total. The van der Waals surface area contributed by atoms with Gasteiger partial charge < -0.3 is 5.73 Å². The lowest BCUT2D eigenvalue weighted by Gasteiger charge is -2.04. The monoisotopic (exact) mass is 345 g/mol. The lowest BCUT2D eigenvalue weighted by atomic mass is 10.1. The standard InChI is InChI=1S/C19H15N5S/c20-15-8-6-13(7-9-15)10-23-24-18-17-16(14-4-2-1-3-5-14)11-25-19(17)22-12-21-18/h1-12H,20H2,(H,21,22,24). The van der Waals surface area contributed by atoms with Crippen LogP contribution in [0.5, 0.6) is 0 Å². The van der Waals surface area contributed by atoms with E-state index in [-0.39, 0.29) is 0 Å². The largest absolute Gasteiger partial charge is 0.399 e. The second-order valence-corrected chi connectivity index (χ2v) is 6.31. The van der Waals surface area contributed by atoms with E-state index in [9.17, 15) is 0 Å². The van der Waals surface area contributed by atoms with Crippen molar-refractivity contribution in [2.75, 3.05) is 11.2 Å². The first-order valence-corrected chi connectivity index (χ1v) is 8.61. The van der Waals surface area contributed by atoms with Gasteiger partial charge in [-0.05, 0) is 23.3 Å². The summed E-state index contributed by atoms with van der Waals surface area (Å²) in [5.74, 6) is 0.691. The van der Waals surface area contributed by atoms with Gasteiger partial charge >= 0.3 is 0 Å². The Morgan fingerprint density at radius 1 is 1.00 bits per heavy atom. The van der Waals surface area contributed by atoms with Gasteiger partial charge in [-0.25, -0.2) is 9.97 Å². The van der Waals surface area contributed by atoms with Gasteiger partial charge in [0.15, 0.2) is 5.82 Å². The van der Waals surface area contributed by atoms with E-state index in [1.807, 2.05) is 42.5 Å². The van der Waals surface area contributed by atoms with E-state index in [2.05, 4.69) is 38.0 Å². The Bertz CT molecular complexity index is 1020. The zero-order chi connectivity index (χ0) is 17.1. The maximum Gasteiger partial charge on any atom is 0.159 e. The summed E-state index contributed by atoms with van der Waals surface area (Å²) in [6.45, 7) is 0. The van der Waals surface area contributed by atoms with Crippen LogP contribution in [0.2, 0.25) is 0 Å². The van der Waals surface area contributed by atoms with E-state index in [1.54, 1.807) is 23.9 Å². The Kier molecular flexibility index (Phi) is 4.10. The number of rotatable bonds is 4. The van der Waals surface area contributed by atoms with Gasteiger partial charge in [-0.2, -0.15) is 5.10 Å². The molecule has 25 heavy (non-hydrogen) atoms. The number of fused-ring (bicyclic) bond motifs is 1. The van der Waals surface area contributed by atoms with Crippen molar-refractivity contribution < 1.29 is 0 Å². The molecule has 0 radical (unpaired) electrons. The highest BCUT2D eigenvalue weighted by molar-refractivity contribution is 7.17. The molecular weight excluding hydrogens is 330 g/mol. The molecule has 0 saturated heterocycles. The van der Waals surface area contributed by atoms with Crippen molar-refractivity contribution >= 4 is 39.3 Å². The molecule has 2 heterocycles. The van der Waals surface area contributed by atoms with Crippen molar-refractivity contribution in [1.29, 1.82) is 0 Å². The summed E-state index contributed by atoms with van der Waals surface area (Å²) in [5.41, 5.74) is 12.7. The van der Waals surface area contributed by atoms with Gasteiger partial charge in [0.05, 0.1) is 11.6 Å². The lowest BCUT2D eigenvalue weighted by Crippen LogP contribution is -1.95. The number of nitrogens with two attached hydrogens (primary N) is 1. The molecule has 0 aliphatic carbocycles. The number of nitrogens with zero attached hydrogens (tertiary/aromatic N) is 3. The van der Waals surface area contributed by atoms with Gasteiger partial charge in [-0.1, -0.05) is 42.5 Å². The van der Waals surface area contributed by atoms with Gasteiger partial charge in [0, 0.05) is 16.6 Å². The lowest BCUT2D eigenvalue weighted by molar-refractivity contribution is 1.19. The van der Waals surface area contributed by atoms with E-state index < -0.39 is 0 Å². The molecule has 0 unspecified atom stereocenters. The summed E-state index contributed by atoms with van der Waals surface area (Å²) < 4.78 is 0. The average Bonchev–Trinajstić information content (AvgIpc) is 3.09. The molecule has 0 aliphatic rings. The smallest absolute Gasteiger partial charge is 0.159 e. The predicted octanol–water partition coefficient (Wildman–Crippen LogP) is 4.39. The number of anilines is 2. The van der Waals surface area contributed by atoms with Crippen LogP contribution >= 0.6 is 11.3 Å². The van der Waals surface area contributed by atoms with Gasteiger partial charge in [-0.15, -0.1) is 11.3 Å². The fourth-order valence-corrected chi connectivity index (χ4v) is 3.46. The summed E-state index contributed by atoms with van der Waals surface area (Å²) in [6, 6.07) is 17.7. The predicted molar refractivity (Wildman–Crippen MR) is 105 cm³/mol. The number of benzene rings is 2. The number of nitrogens with one attached hydrogen (secondary N) is 1. The van der Waals surface area contributed by atoms with E-state index in [0.29, 0.717) is 5.82 Å². The van der Waals surface area contributed by atoms with E-state index in [0.717, 1.165) is 32.6 Å². The van der Waals surface area contributed by atoms with E-state index >= 15 is 0 Å². The van der Waals surface area contributed by atoms with Gasteiger partial charge in [0.1, 0.15) is 11.2 Å². The topological polar surface area (TPSA) is 76.2 Å². The fourth-order valence-electron chi connectivity index (χ4n) is 2.54. The molecule has 0 atom stereocenters. The number of hydrogen-bond acceptors (Lipinski definition) is 6. The maximum absolute atomic E-state index is 5.69. The number of thiophene rings is 1. The molecule has 0 saturated carbocycles. The Morgan fingerprint density at radius 2 is 1.80 bits per heavy atom. The Balaban J connectivity index is 1.68. The van der Waals surface area contributed by atoms with Crippen molar-refractivity contribution in [3.8, 4) is 11.1 Å². The second-order valence-electron chi connectivity index (χ2n) is 5.45. The molecule has 4 aromatic rings. The molecule has 3 N–H and O–H groups in total. The second kappa shape index (κ2) is 6.70. The third kappa shape index (κ3) is 3.20. The highest BCUT2D eigenvalue weighted by Gasteiger charge is 2.12. The third-order valence-electron chi connectivity index (χ3n) is 3.78. The van der Waals surface area contributed by atoms with Crippen molar-refractivity contribution in [2.24, 2.45) is 5.10 Å².